The minimum absolute atomic E-state index is 0.220. The normalized spacial score (nSPS) is 10.5. The zero-order valence-corrected chi connectivity index (χ0v) is 22.2. The topological polar surface area (TPSA) is 93.7 Å². The van der Waals surface area contributed by atoms with Gasteiger partial charge in [0.25, 0.3) is 11.8 Å². The summed E-state index contributed by atoms with van der Waals surface area (Å²) >= 11 is 1.25. The van der Waals surface area contributed by atoms with Gasteiger partial charge in [0, 0.05) is 22.2 Å². The number of hydrogen-bond acceptors (Lipinski definition) is 6. The predicted octanol–water partition coefficient (Wildman–Crippen LogP) is 6.48. The summed E-state index contributed by atoms with van der Waals surface area (Å²) in [7, 11) is 0. The van der Waals surface area contributed by atoms with E-state index in [1.165, 1.54) is 11.3 Å². The SMILES string of the molecule is CCOC(=O)c1c(-c2ccc(C)cc2)csc1NC(=O)COc1ccc(C(=O)Nc2ccccc2C)cc1. The molecule has 0 atom stereocenters. The Bertz CT molecular complexity index is 1440. The van der Waals surface area contributed by atoms with Crippen molar-refractivity contribution in [3.05, 3.63) is 100 Å². The van der Waals surface area contributed by atoms with Gasteiger partial charge in [-0.05, 0) is 62.2 Å². The Hall–Kier alpha value is -4.43. The maximum atomic E-state index is 12.7. The third-order valence-corrected chi connectivity index (χ3v) is 6.66. The molecule has 1 aromatic heterocycles. The van der Waals surface area contributed by atoms with E-state index in [0.717, 1.165) is 22.4 Å². The molecule has 7 nitrogen and oxygen atoms in total. The number of thiophene rings is 1. The number of amides is 2. The first-order chi connectivity index (χ1) is 18.4. The Kier molecular flexibility index (Phi) is 8.55. The number of hydrogen-bond donors (Lipinski definition) is 2. The molecular formula is C30H28N2O5S. The highest BCUT2D eigenvalue weighted by molar-refractivity contribution is 7.15. The van der Waals surface area contributed by atoms with Crippen LogP contribution < -0.4 is 15.4 Å². The van der Waals surface area contributed by atoms with E-state index in [1.54, 1.807) is 31.2 Å². The summed E-state index contributed by atoms with van der Waals surface area (Å²) in [6.07, 6.45) is 0. The molecule has 2 N–H and O–H groups in total. The highest BCUT2D eigenvalue weighted by Gasteiger charge is 2.23. The van der Waals surface area contributed by atoms with Gasteiger partial charge in [0.1, 0.15) is 16.3 Å². The molecule has 0 saturated carbocycles. The van der Waals surface area contributed by atoms with Crippen LogP contribution in [0.15, 0.2) is 78.2 Å². The summed E-state index contributed by atoms with van der Waals surface area (Å²) < 4.78 is 10.9. The van der Waals surface area contributed by atoms with E-state index < -0.39 is 11.9 Å². The summed E-state index contributed by atoms with van der Waals surface area (Å²) in [6.45, 7) is 5.60. The number of benzene rings is 3. The molecule has 3 aromatic carbocycles. The van der Waals surface area contributed by atoms with Crippen molar-refractivity contribution in [2.24, 2.45) is 0 Å². The summed E-state index contributed by atoms with van der Waals surface area (Å²) in [4.78, 5) is 38.0. The van der Waals surface area contributed by atoms with Gasteiger partial charge in [-0.25, -0.2) is 4.79 Å². The van der Waals surface area contributed by atoms with Crippen molar-refractivity contribution in [2.45, 2.75) is 20.8 Å². The Morgan fingerprint density at radius 1 is 0.868 bits per heavy atom. The van der Waals surface area contributed by atoms with Gasteiger partial charge in [0.15, 0.2) is 6.61 Å². The smallest absolute Gasteiger partial charge is 0.341 e. The molecule has 4 rings (SSSR count). The van der Waals surface area contributed by atoms with E-state index >= 15 is 0 Å². The van der Waals surface area contributed by atoms with Crippen LogP contribution in [0.2, 0.25) is 0 Å². The van der Waals surface area contributed by atoms with Crippen LogP contribution in [-0.4, -0.2) is 31.0 Å². The molecule has 0 fully saturated rings. The number of nitrogens with one attached hydrogen (secondary N) is 2. The monoisotopic (exact) mass is 528 g/mol. The largest absolute Gasteiger partial charge is 0.484 e. The van der Waals surface area contributed by atoms with Crippen molar-refractivity contribution in [3.63, 3.8) is 0 Å². The second kappa shape index (κ2) is 12.2. The molecule has 38 heavy (non-hydrogen) atoms. The fourth-order valence-electron chi connectivity index (χ4n) is 3.72. The average Bonchev–Trinajstić information content (AvgIpc) is 3.33. The number of para-hydroxylation sites is 1. The summed E-state index contributed by atoms with van der Waals surface area (Å²) in [6, 6.07) is 21.8. The maximum Gasteiger partial charge on any atom is 0.341 e. The van der Waals surface area contributed by atoms with Crippen LogP contribution in [0.4, 0.5) is 10.7 Å². The quantitative estimate of drug-likeness (QED) is 0.243. The molecule has 0 aliphatic heterocycles. The minimum atomic E-state index is -0.500. The standard InChI is InChI=1S/C30H28N2O5S/c1-4-36-30(35)27-24(21-11-9-19(2)10-12-21)18-38-29(27)32-26(33)17-37-23-15-13-22(14-16-23)28(34)31-25-8-6-5-7-20(25)3/h5-16,18H,4,17H2,1-3H3,(H,31,34)(H,32,33). The molecule has 1 heterocycles. The Morgan fingerprint density at radius 2 is 1.58 bits per heavy atom. The fourth-order valence-corrected chi connectivity index (χ4v) is 4.70. The Balaban J connectivity index is 1.40. The zero-order chi connectivity index (χ0) is 27.1. The van der Waals surface area contributed by atoms with E-state index in [1.807, 2.05) is 67.8 Å². The number of esters is 1. The first kappa shape index (κ1) is 26.6. The van der Waals surface area contributed by atoms with Crippen LogP contribution in [0.3, 0.4) is 0 Å². The molecular weight excluding hydrogens is 500 g/mol. The molecule has 0 radical (unpaired) electrons. The van der Waals surface area contributed by atoms with Gasteiger partial charge in [-0.3, -0.25) is 9.59 Å². The third kappa shape index (κ3) is 6.46. The lowest BCUT2D eigenvalue weighted by Gasteiger charge is -2.11. The molecule has 4 aromatic rings. The second-order valence-corrected chi connectivity index (χ2v) is 9.45. The molecule has 2 amide bonds. The van der Waals surface area contributed by atoms with E-state index in [9.17, 15) is 14.4 Å². The van der Waals surface area contributed by atoms with Crippen LogP contribution in [0.1, 0.15) is 38.8 Å². The Labute approximate surface area is 225 Å². The van der Waals surface area contributed by atoms with Gasteiger partial charge in [-0.15, -0.1) is 11.3 Å². The van der Waals surface area contributed by atoms with Gasteiger partial charge >= 0.3 is 5.97 Å². The van der Waals surface area contributed by atoms with E-state index in [4.69, 9.17) is 9.47 Å². The number of carbonyl (C=O) groups is 3. The summed E-state index contributed by atoms with van der Waals surface area (Å²) in [5, 5.41) is 7.88. The van der Waals surface area contributed by atoms with Crippen molar-refractivity contribution in [1.29, 1.82) is 0 Å². The van der Waals surface area contributed by atoms with Gasteiger partial charge in [0.05, 0.1) is 6.61 Å². The van der Waals surface area contributed by atoms with Crippen LogP contribution >= 0.6 is 11.3 Å². The fraction of sp³-hybridized carbons (Fsp3) is 0.167. The van der Waals surface area contributed by atoms with Crippen molar-refractivity contribution in [1.82, 2.24) is 0 Å². The van der Waals surface area contributed by atoms with Crippen molar-refractivity contribution < 1.29 is 23.9 Å². The van der Waals surface area contributed by atoms with Gasteiger partial charge in [0.2, 0.25) is 0 Å². The summed E-state index contributed by atoms with van der Waals surface area (Å²) in [5.74, 6) is -0.726. The molecule has 8 heteroatoms. The number of aryl methyl sites for hydroxylation is 2. The first-order valence-electron chi connectivity index (χ1n) is 12.1. The third-order valence-electron chi connectivity index (χ3n) is 5.77. The zero-order valence-electron chi connectivity index (χ0n) is 21.4. The van der Waals surface area contributed by atoms with Gasteiger partial charge in [-0.1, -0.05) is 48.0 Å². The number of ether oxygens (including phenoxy) is 2. The van der Waals surface area contributed by atoms with Crippen LogP contribution in [0.5, 0.6) is 5.75 Å². The lowest BCUT2D eigenvalue weighted by molar-refractivity contribution is -0.118. The molecule has 0 unspecified atom stereocenters. The molecule has 0 aliphatic rings. The van der Waals surface area contributed by atoms with E-state index in [-0.39, 0.29) is 19.1 Å². The number of rotatable bonds is 9. The average molecular weight is 529 g/mol. The first-order valence-corrected chi connectivity index (χ1v) is 13.0. The molecule has 0 bridgehead atoms. The van der Waals surface area contributed by atoms with Crippen LogP contribution in [-0.2, 0) is 9.53 Å². The second-order valence-electron chi connectivity index (χ2n) is 8.57. The van der Waals surface area contributed by atoms with Crippen molar-refractivity contribution in [2.75, 3.05) is 23.8 Å². The van der Waals surface area contributed by atoms with E-state index in [2.05, 4.69) is 10.6 Å². The Morgan fingerprint density at radius 3 is 2.26 bits per heavy atom. The minimum Gasteiger partial charge on any atom is -0.484 e. The molecule has 0 aliphatic carbocycles. The molecule has 194 valence electrons. The van der Waals surface area contributed by atoms with Crippen molar-refractivity contribution in [3.8, 4) is 16.9 Å². The summed E-state index contributed by atoms with van der Waals surface area (Å²) in [5.41, 5.74) is 5.16. The predicted molar refractivity (Wildman–Crippen MR) is 150 cm³/mol. The van der Waals surface area contributed by atoms with Crippen molar-refractivity contribution >= 4 is 39.8 Å². The highest BCUT2D eigenvalue weighted by Crippen LogP contribution is 2.36. The van der Waals surface area contributed by atoms with E-state index in [0.29, 0.717) is 27.4 Å². The lowest BCUT2D eigenvalue weighted by atomic mass is 10.0. The van der Waals surface area contributed by atoms with Gasteiger partial charge in [-0.2, -0.15) is 0 Å². The molecule has 0 saturated heterocycles. The van der Waals surface area contributed by atoms with Crippen LogP contribution in [0.25, 0.3) is 11.1 Å². The highest BCUT2D eigenvalue weighted by atomic mass is 32.1. The maximum absolute atomic E-state index is 12.7. The number of carbonyl (C=O) groups excluding carboxylic acids is 3. The van der Waals surface area contributed by atoms with Crippen LogP contribution in [0, 0.1) is 13.8 Å². The van der Waals surface area contributed by atoms with Gasteiger partial charge < -0.3 is 20.1 Å². The number of anilines is 2. The molecule has 0 spiro atoms. The lowest BCUT2D eigenvalue weighted by Crippen LogP contribution is -2.21.